The van der Waals surface area contributed by atoms with Crippen molar-refractivity contribution in [1.82, 2.24) is 9.80 Å². The molecule has 1 rings (SSSR count). The number of carbonyl (C=O) groups excluding carboxylic acids is 4. The number of aldehydes is 4. The maximum Gasteiger partial charge on any atom is 0.119 e. The third-order valence-electron chi connectivity index (χ3n) is 14.0. The molecule has 382 valence electrons. The summed E-state index contributed by atoms with van der Waals surface area (Å²) in [6.07, 6.45) is 59.0. The van der Waals surface area contributed by atoms with Crippen molar-refractivity contribution in [3.8, 4) is 0 Å². The van der Waals surface area contributed by atoms with Gasteiger partial charge in [0.05, 0.1) is 0 Å². The van der Waals surface area contributed by atoms with E-state index in [4.69, 9.17) is 0 Å². The summed E-state index contributed by atoms with van der Waals surface area (Å²) in [5.41, 5.74) is 2.97. The fourth-order valence-electron chi connectivity index (χ4n) is 9.79. The van der Waals surface area contributed by atoms with E-state index >= 15 is 0 Å². The van der Waals surface area contributed by atoms with Gasteiger partial charge in [0.15, 0.2) is 0 Å². The average molecular weight is 922 g/mol. The molecule has 0 atom stereocenters. The fraction of sp³-hybridized carbons (Fsp3) is 0.833. The molecule has 1 aromatic rings. The molecule has 0 radical (unpaired) electrons. The molecule has 0 aliphatic rings. The normalized spacial score (nSPS) is 11.5. The Balaban J connectivity index is 2.67. The van der Waals surface area contributed by atoms with Gasteiger partial charge in [-0.2, -0.15) is 0 Å². The molecule has 1 aromatic carbocycles. The Morgan fingerprint density at radius 1 is 0.258 bits per heavy atom. The van der Waals surface area contributed by atoms with Crippen LogP contribution in [0.1, 0.15) is 294 Å². The van der Waals surface area contributed by atoms with E-state index < -0.39 is 0 Å². The van der Waals surface area contributed by atoms with Crippen molar-refractivity contribution >= 4 is 25.1 Å². The standard InChI is InChI=1S/C60H108N2O4/c63-52-41-33-25-17-9-1-5-13-21-29-37-48-61(49-38-30-22-14-6-2-10-18-26-34-42-53-64)57-59-46-45-47-60(56-59)58-62(50-39-31-23-15-7-3-11-19-27-35-43-54-65)51-40-32-24-16-8-4-12-20-28-36-44-55-66/h45-47,52-56H,1-44,48-51,57-58H2. The van der Waals surface area contributed by atoms with Gasteiger partial charge in [0.2, 0.25) is 0 Å². The first-order chi connectivity index (χ1) is 32.7. The summed E-state index contributed by atoms with van der Waals surface area (Å²) >= 11 is 0. The topological polar surface area (TPSA) is 74.8 Å². The lowest BCUT2D eigenvalue weighted by atomic mass is 10.0. The zero-order chi connectivity index (χ0) is 47.3. The summed E-state index contributed by atoms with van der Waals surface area (Å²) in [6.45, 7) is 6.97. The largest absolute Gasteiger partial charge is 0.303 e. The van der Waals surface area contributed by atoms with Crippen LogP contribution in [0.4, 0.5) is 0 Å². The van der Waals surface area contributed by atoms with E-state index in [1.807, 2.05) is 0 Å². The molecule has 0 aromatic heterocycles. The summed E-state index contributed by atoms with van der Waals surface area (Å²) < 4.78 is 0. The van der Waals surface area contributed by atoms with Gasteiger partial charge in [-0.1, -0.05) is 230 Å². The first-order valence-corrected chi connectivity index (χ1v) is 29.0. The van der Waals surface area contributed by atoms with Crippen LogP contribution in [-0.4, -0.2) is 61.1 Å². The van der Waals surface area contributed by atoms with Gasteiger partial charge in [-0.05, 0) is 88.7 Å². The van der Waals surface area contributed by atoms with Gasteiger partial charge in [0.1, 0.15) is 25.1 Å². The van der Waals surface area contributed by atoms with Crippen LogP contribution < -0.4 is 0 Å². The lowest BCUT2D eigenvalue weighted by molar-refractivity contribution is -0.108. The number of nitrogens with zero attached hydrogens (tertiary/aromatic N) is 2. The number of hydrogen-bond acceptors (Lipinski definition) is 6. The van der Waals surface area contributed by atoms with Crippen LogP contribution >= 0.6 is 0 Å². The van der Waals surface area contributed by atoms with Crippen LogP contribution in [0.3, 0.4) is 0 Å². The number of carbonyl (C=O) groups is 4. The van der Waals surface area contributed by atoms with E-state index in [2.05, 4.69) is 34.1 Å². The van der Waals surface area contributed by atoms with Crippen molar-refractivity contribution in [2.24, 2.45) is 0 Å². The van der Waals surface area contributed by atoms with Gasteiger partial charge in [-0.3, -0.25) is 9.80 Å². The van der Waals surface area contributed by atoms with Crippen molar-refractivity contribution in [1.29, 1.82) is 0 Å². The van der Waals surface area contributed by atoms with Gasteiger partial charge in [0, 0.05) is 38.8 Å². The smallest absolute Gasteiger partial charge is 0.119 e. The highest BCUT2D eigenvalue weighted by Gasteiger charge is 2.11. The highest BCUT2D eigenvalue weighted by molar-refractivity contribution is 5.49. The highest BCUT2D eigenvalue weighted by atomic mass is 16.1. The minimum Gasteiger partial charge on any atom is -0.303 e. The van der Waals surface area contributed by atoms with Crippen molar-refractivity contribution in [2.75, 3.05) is 26.2 Å². The monoisotopic (exact) mass is 921 g/mol. The highest BCUT2D eigenvalue weighted by Crippen LogP contribution is 2.19. The summed E-state index contributed by atoms with van der Waals surface area (Å²) in [6, 6.07) is 9.64. The van der Waals surface area contributed by atoms with E-state index in [1.165, 1.54) is 268 Å². The lowest BCUT2D eigenvalue weighted by Gasteiger charge is -2.25. The summed E-state index contributed by atoms with van der Waals surface area (Å²) in [5, 5.41) is 0. The molecule has 0 fully saturated rings. The van der Waals surface area contributed by atoms with Crippen molar-refractivity contribution in [3.05, 3.63) is 35.4 Å². The summed E-state index contributed by atoms with van der Waals surface area (Å²) in [4.78, 5) is 47.8. The predicted octanol–water partition coefficient (Wildman–Crippen LogP) is 17.3. The minimum absolute atomic E-state index is 0.732. The van der Waals surface area contributed by atoms with E-state index in [1.54, 1.807) is 0 Å². The van der Waals surface area contributed by atoms with Gasteiger partial charge in [-0.25, -0.2) is 0 Å². The summed E-state index contributed by atoms with van der Waals surface area (Å²) in [5.74, 6) is 0. The van der Waals surface area contributed by atoms with Crippen molar-refractivity contribution in [2.45, 2.75) is 296 Å². The Hall–Kier alpha value is -2.18. The predicted molar refractivity (Wildman–Crippen MR) is 284 cm³/mol. The zero-order valence-electron chi connectivity index (χ0n) is 43.5. The molecule has 0 saturated carbocycles. The summed E-state index contributed by atoms with van der Waals surface area (Å²) in [7, 11) is 0. The Kier molecular flexibility index (Phi) is 48.9. The Morgan fingerprint density at radius 3 is 0.636 bits per heavy atom. The molecule has 0 saturated heterocycles. The Morgan fingerprint density at radius 2 is 0.439 bits per heavy atom. The van der Waals surface area contributed by atoms with Crippen LogP contribution in [0.5, 0.6) is 0 Å². The fourth-order valence-corrected chi connectivity index (χ4v) is 9.79. The molecule has 0 spiro atoms. The molecule has 0 aliphatic carbocycles. The van der Waals surface area contributed by atoms with Crippen LogP contribution in [0.25, 0.3) is 0 Å². The molecule has 0 aliphatic heterocycles. The van der Waals surface area contributed by atoms with Gasteiger partial charge in [-0.15, -0.1) is 0 Å². The third-order valence-corrected chi connectivity index (χ3v) is 14.0. The van der Waals surface area contributed by atoms with Crippen LogP contribution in [0.2, 0.25) is 0 Å². The second kappa shape index (κ2) is 52.2. The van der Waals surface area contributed by atoms with E-state index in [-0.39, 0.29) is 0 Å². The molecule has 0 N–H and O–H groups in total. The Labute approximate surface area is 409 Å². The molecule has 0 unspecified atom stereocenters. The van der Waals surface area contributed by atoms with Crippen LogP contribution in [-0.2, 0) is 32.3 Å². The maximum absolute atomic E-state index is 10.6. The number of unbranched alkanes of at least 4 members (excludes halogenated alkanes) is 40. The van der Waals surface area contributed by atoms with Crippen molar-refractivity contribution < 1.29 is 19.2 Å². The van der Waals surface area contributed by atoms with E-state index in [0.717, 1.165) is 89.6 Å². The second-order valence-electron chi connectivity index (χ2n) is 20.3. The van der Waals surface area contributed by atoms with Crippen LogP contribution in [0, 0.1) is 0 Å². The van der Waals surface area contributed by atoms with Gasteiger partial charge < -0.3 is 19.2 Å². The molecule has 6 heteroatoms. The molecular formula is C60H108N2O4. The average Bonchev–Trinajstić information content (AvgIpc) is 3.32. The molecular weight excluding hydrogens is 813 g/mol. The second-order valence-corrected chi connectivity index (χ2v) is 20.3. The Bertz CT molecular complexity index is 1030. The van der Waals surface area contributed by atoms with Crippen LogP contribution in [0.15, 0.2) is 24.3 Å². The quantitative estimate of drug-likeness (QED) is 0.0479. The first-order valence-electron chi connectivity index (χ1n) is 29.0. The molecule has 0 amide bonds. The molecule has 6 nitrogen and oxygen atoms in total. The number of rotatable bonds is 56. The molecule has 0 heterocycles. The van der Waals surface area contributed by atoms with Gasteiger partial charge in [0.25, 0.3) is 0 Å². The number of hydrogen-bond donors (Lipinski definition) is 0. The van der Waals surface area contributed by atoms with E-state index in [9.17, 15) is 19.2 Å². The minimum atomic E-state index is 0.732. The molecule has 66 heavy (non-hydrogen) atoms. The van der Waals surface area contributed by atoms with E-state index in [0.29, 0.717) is 0 Å². The lowest BCUT2D eigenvalue weighted by Crippen LogP contribution is -2.27. The number of benzene rings is 1. The SMILES string of the molecule is O=CCCCCCCCCCCCCN(CCCCCCCCCCCCC=O)Cc1cccc(CN(CCCCCCCCCCCCC=O)CCCCCCCCCCCCC=O)c1. The third kappa shape index (κ3) is 44.3. The first kappa shape index (κ1) is 61.8. The van der Waals surface area contributed by atoms with Gasteiger partial charge >= 0.3 is 0 Å². The zero-order valence-corrected chi connectivity index (χ0v) is 43.5. The maximum atomic E-state index is 10.6. The van der Waals surface area contributed by atoms with Crippen molar-refractivity contribution in [3.63, 3.8) is 0 Å². The molecule has 0 bridgehead atoms.